The fourth-order valence-corrected chi connectivity index (χ4v) is 3.20. The first kappa shape index (κ1) is 26.8. The highest BCUT2D eigenvalue weighted by Crippen LogP contribution is 2.35. The van der Waals surface area contributed by atoms with E-state index in [9.17, 15) is 31.5 Å². The van der Waals surface area contributed by atoms with Crippen molar-refractivity contribution in [1.29, 1.82) is 0 Å². The van der Waals surface area contributed by atoms with Crippen molar-refractivity contribution in [2.45, 2.75) is 19.7 Å². The largest absolute Gasteiger partial charge is 0.485 e. The zero-order valence-electron chi connectivity index (χ0n) is 19.0. The van der Waals surface area contributed by atoms with Crippen LogP contribution in [0, 0.1) is 18.6 Å². The molecular formula is C23H18ClF5N4O3. The lowest BCUT2D eigenvalue weighted by Crippen LogP contribution is -2.28. The summed E-state index contributed by atoms with van der Waals surface area (Å²) >= 11 is 6.04. The lowest BCUT2D eigenvalue weighted by Gasteiger charge is -2.19. The highest BCUT2D eigenvalue weighted by atomic mass is 35.5. The van der Waals surface area contributed by atoms with Crippen molar-refractivity contribution in [2.24, 2.45) is 0 Å². The zero-order valence-corrected chi connectivity index (χ0v) is 19.8. The summed E-state index contributed by atoms with van der Waals surface area (Å²) in [5, 5.41) is -0.734. The molecule has 3 aromatic heterocycles. The van der Waals surface area contributed by atoms with Crippen LogP contribution < -0.4 is 10.3 Å². The van der Waals surface area contributed by atoms with Crippen LogP contribution in [0.3, 0.4) is 0 Å². The summed E-state index contributed by atoms with van der Waals surface area (Å²) in [4.78, 5) is 34.4. The van der Waals surface area contributed by atoms with Crippen molar-refractivity contribution in [3.8, 4) is 11.4 Å². The van der Waals surface area contributed by atoms with Crippen LogP contribution in [0.1, 0.15) is 27.4 Å². The van der Waals surface area contributed by atoms with Crippen molar-refractivity contribution in [3.63, 3.8) is 0 Å². The van der Waals surface area contributed by atoms with Crippen LogP contribution in [-0.4, -0.2) is 39.3 Å². The number of carbonyl (C=O) groups is 1. The van der Waals surface area contributed by atoms with Gasteiger partial charge < -0.3 is 9.64 Å². The topological polar surface area (TPSA) is 77.3 Å². The van der Waals surface area contributed by atoms with Gasteiger partial charge in [-0.25, -0.2) is 8.78 Å². The number of ether oxygens (including phenoxy) is 1. The molecule has 0 saturated heterocycles. The number of aromatic nitrogens is 3. The number of nitrogens with zero attached hydrogens (tertiary/aromatic N) is 4. The Hall–Kier alpha value is -3.80. The van der Waals surface area contributed by atoms with Gasteiger partial charge in [-0.1, -0.05) is 11.6 Å². The van der Waals surface area contributed by atoms with E-state index in [0.717, 1.165) is 12.3 Å². The number of alkyl halides is 3. The van der Waals surface area contributed by atoms with Gasteiger partial charge >= 0.3 is 6.18 Å². The normalized spacial score (nSPS) is 11.7. The molecule has 190 valence electrons. The summed E-state index contributed by atoms with van der Waals surface area (Å²) in [6.07, 6.45) is -0.618. The Kier molecular flexibility index (Phi) is 7.77. The second-order valence-electron chi connectivity index (χ2n) is 7.72. The van der Waals surface area contributed by atoms with E-state index in [1.807, 2.05) is 0 Å². The second-order valence-corrected chi connectivity index (χ2v) is 8.09. The minimum atomic E-state index is -5.06. The Morgan fingerprint density at radius 3 is 2.47 bits per heavy atom. The molecule has 36 heavy (non-hydrogen) atoms. The molecule has 0 bridgehead atoms. The molecule has 0 spiro atoms. The Balaban J connectivity index is 2.12. The second kappa shape index (κ2) is 10.4. The van der Waals surface area contributed by atoms with E-state index in [-0.39, 0.29) is 16.9 Å². The third-order valence-corrected chi connectivity index (χ3v) is 5.09. The van der Waals surface area contributed by atoms with Crippen molar-refractivity contribution < 1.29 is 31.5 Å². The summed E-state index contributed by atoms with van der Waals surface area (Å²) in [6, 6.07) is 2.03. The van der Waals surface area contributed by atoms with Crippen molar-refractivity contribution in [1.82, 2.24) is 19.4 Å². The Bertz CT molecular complexity index is 1400. The molecule has 0 aliphatic rings. The lowest BCUT2D eigenvalue weighted by molar-refractivity contribution is -0.143. The Morgan fingerprint density at radius 1 is 1.17 bits per heavy atom. The quantitative estimate of drug-likeness (QED) is 0.251. The predicted molar refractivity (Wildman–Crippen MR) is 120 cm³/mol. The molecule has 13 heteroatoms. The summed E-state index contributed by atoms with van der Waals surface area (Å²) in [5.41, 5.74) is -3.50. The maximum atomic E-state index is 14.0. The van der Waals surface area contributed by atoms with E-state index in [1.165, 1.54) is 19.2 Å². The van der Waals surface area contributed by atoms with Crippen LogP contribution in [-0.2, 0) is 12.8 Å². The van der Waals surface area contributed by atoms with E-state index >= 15 is 0 Å². The molecule has 0 aromatic carbocycles. The highest BCUT2D eigenvalue weighted by Gasteiger charge is 2.37. The lowest BCUT2D eigenvalue weighted by atomic mass is 10.1. The number of rotatable bonds is 7. The summed E-state index contributed by atoms with van der Waals surface area (Å²) in [6.45, 7) is 0.678. The van der Waals surface area contributed by atoms with Gasteiger partial charge in [0.05, 0.1) is 11.9 Å². The number of halogens is 6. The fourth-order valence-electron chi connectivity index (χ4n) is 3.00. The molecule has 0 aliphatic heterocycles. The fraction of sp³-hybridized carbons (Fsp3) is 0.217. The maximum absolute atomic E-state index is 14.0. The minimum Gasteiger partial charge on any atom is -0.485 e. The number of allylic oxidation sites excluding steroid dienone is 1. The first-order valence-corrected chi connectivity index (χ1v) is 10.5. The molecule has 3 rings (SSSR count). The SMILES string of the molecule is Cc1cnc(C(=O)/C=C/N(C)C)cc1-n1c(C(F)(F)F)cc(OCc2ncc(F)cc2F)c(Cl)c1=O. The van der Waals surface area contributed by atoms with Gasteiger partial charge in [0.15, 0.2) is 5.82 Å². The average molecular weight is 529 g/mol. The molecule has 3 heterocycles. The molecule has 0 N–H and O–H groups in total. The van der Waals surface area contributed by atoms with E-state index in [4.69, 9.17) is 16.3 Å². The number of hydrogen-bond acceptors (Lipinski definition) is 6. The van der Waals surface area contributed by atoms with Gasteiger partial charge in [0.2, 0.25) is 5.78 Å². The molecule has 0 amide bonds. The van der Waals surface area contributed by atoms with E-state index in [0.29, 0.717) is 22.9 Å². The summed E-state index contributed by atoms with van der Waals surface area (Å²) in [7, 11) is 3.33. The Labute approximate surface area is 206 Å². The molecule has 0 saturated carbocycles. The van der Waals surface area contributed by atoms with Crippen molar-refractivity contribution >= 4 is 17.4 Å². The van der Waals surface area contributed by atoms with Gasteiger partial charge in [-0.15, -0.1) is 0 Å². The first-order valence-electron chi connectivity index (χ1n) is 10.1. The monoisotopic (exact) mass is 528 g/mol. The third kappa shape index (κ3) is 5.88. The van der Waals surface area contributed by atoms with Gasteiger partial charge in [-0.05, 0) is 18.6 Å². The van der Waals surface area contributed by atoms with Crippen LogP contribution in [0.5, 0.6) is 5.75 Å². The van der Waals surface area contributed by atoms with Crippen LogP contribution >= 0.6 is 11.6 Å². The predicted octanol–water partition coefficient (Wildman–Crippen LogP) is 4.72. The van der Waals surface area contributed by atoms with Gasteiger partial charge in [0.1, 0.15) is 40.3 Å². The molecule has 0 unspecified atom stereocenters. The van der Waals surface area contributed by atoms with E-state index in [1.54, 1.807) is 19.0 Å². The van der Waals surface area contributed by atoms with Gasteiger partial charge in [0.25, 0.3) is 5.56 Å². The Morgan fingerprint density at radius 2 is 1.86 bits per heavy atom. The molecule has 0 aliphatic carbocycles. The molecule has 7 nitrogen and oxygen atoms in total. The van der Waals surface area contributed by atoms with E-state index < -0.39 is 57.9 Å². The van der Waals surface area contributed by atoms with Crippen LogP contribution in [0.15, 0.2) is 47.7 Å². The van der Waals surface area contributed by atoms with Crippen LogP contribution in [0.2, 0.25) is 5.02 Å². The standard InChI is InChI=1S/C23H18ClF5N4O3/c1-12-9-30-15(18(34)4-5-32(2)3)7-17(12)33-20(23(27,28)29)8-19(21(24)22(33)35)36-11-16-14(26)6-13(25)10-31-16/h4-10H,11H2,1-3H3/b5-4+. The number of ketones is 1. The van der Waals surface area contributed by atoms with E-state index in [2.05, 4.69) is 9.97 Å². The highest BCUT2D eigenvalue weighted by molar-refractivity contribution is 6.31. The van der Waals surface area contributed by atoms with Crippen LogP contribution in [0.25, 0.3) is 5.69 Å². The third-order valence-electron chi connectivity index (χ3n) is 4.75. The molecule has 3 aromatic rings. The van der Waals surface area contributed by atoms with Gasteiger partial charge in [-0.3, -0.25) is 24.1 Å². The minimum absolute atomic E-state index is 0.151. The molecule has 0 atom stereocenters. The molecule has 0 fully saturated rings. The van der Waals surface area contributed by atoms with Gasteiger partial charge in [0, 0.05) is 44.7 Å². The zero-order chi connectivity index (χ0) is 26.8. The number of hydrogen-bond donors (Lipinski definition) is 0. The summed E-state index contributed by atoms with van der Waals surface area (Å²) < 4.78 is 74.4. The van der Waals surface area contributed by atoms with Crippen molar-refractivity contribution in [3.05, 3.63) is 92.5 Å². The number of carbonyl (C=O) groups excluding carboxylic acids is 1. The molecule has 0 radical (unpaired) electrons. The average Bonchev–Trinajstić information content (AvgIpc) is 2.79. The van der Waals surface area contributed by atoms with Crippen molar-refractivity contribution in [2.75, 3.05) is 14.1 Å². The maximum Gasteiger partial charge on any atom is 0.432 e. The first-order chi connectivity index (χ1) is 16.8. The number of aryl methyl sites for hydroxylation is 1. The van der Waals surface area contributed by atoms with Crippen LogP contribution in [0.4, 0.5) is 22.0 Å². The summed E-state index contributed by atoms with van der Waals surface area (Å²) in [5.74, 6) is -3.35. The smallest absolute Gasteiger partial charge is 0.432 e. The number of pyridine rings is 3. The van der Waals surface area contributed by atoms with Gasteiger partial charge in [-0.2, -0.15) is 13.2 Å². The molecular weight excluding hydrogens is 511 g/mol.